The fourth-order valence-electron chi connectivity index (χ4n) is 3.11. The SMILES string of the molecule is C[C@H]1CCCN(C(=O)c2ccc3c(=O)n(C)c(=O)n(C)c3n2)C1. The normalized spacial score (nSPS) is 18.4. The van der Waals surface area contributed by atoms with Crippen LogP contribution in [0.25, 0.3) is 11.0 Å². The Morgan fingerprint density at radius 3 is 2.65 bits per heavy atom. The summed E-state index contributed by atoms with van der Waals surface area (Å²) in [6.45, 7) is 3.56. The minimum atomic E-state index is -0.453. The van der Waals surface area contributed by atoms with Crippen molar-refractivity contribution < 1.29 is 4.79 Å². The van der Waals surface area contributed by atoms with Crippen molar-refractivity contribution in [1.29, 1.82) is 0 Å². The van der Waals surface area contributed by atoms with Gasteiger partial charge in [0.05, 0.1) is 5.39 Å². The number of aryl methyl sites for hydroxylation is 1. The first kappa shape index (κ1) is 15.5. The summed E-state index contributed by atoms with van der Waals surface area (Å²) in [6.07, 6.45) is 2.11. The van der Waals surface area contributed by atoms with E-state index in [-0.39, 0.29) is 17.2 Å². The molecule has 0 N–H and O–H groups in total. The third-order valence-electron chi connectivity index (χ3n) is 4.47. The summed E-state index contributed by atoms with van der Waals surface area (Å²) in [4.78, 5) is 42.9. The van der Waals surface area contributed by atoms with Crippen molar-refractivity contribution >= 4 is 16.9 Å². The van der Waals surface area contributed by atoms with E-state index in [4.69, 9.17) is 0 Å². The van der Waals surface area contributed by atoms with Crippen LogP contribution in [0.2, 0.25) is 0 Å². The third kappa shape index (κ3) is 2.56. The number of piperidine rings is 1. The van der Waals surface area contributed by atoms with E-state index in [1.807, 2.05) is 0 Å². The highest BCUT2D eigenvalue weighted by Crippen LogP contribution is 2.18. The molecule has 0 bridgehead atoms. The van der Waals surface area contributed by atoms with Gasteiger partial charge in [-0.25, -0.2) is 9.78 Å². The van der Waals surface area contributed by atoms with Crippen LogP contribution in [0.15, 0.2) is 21.7 Å². The van der Waals surface area contributed by atoms with E-state index in [2.05, 4.69) is 11.9 Å². The number of hydrogen-bond acceptors (Lipinski definition) is 4. The molecule has 7 heteroatoms. The summed E-state index contributed by atoms with van der Waals surface area (Å²) in [5, 5.41) is 0.332. The average molecular weight is 316 g/mol. The highest BCUT2D eigenvalue weighted by Gasteiger charge is 2.23. The van der Waals surface area contributed by atoms with Gasteiger partial charge in [-0.1, -0.05) is 6.92 Å². The Hall–Kier alpha value is -2.44. The zero-order valence-electron chi connectivity index (χ0n) is 13.6. The van der Waals surface area contributed by atoms with Gasteiger partial charge in [-0.2, -0.15) is 0 Å². The van der Waals surface area contributed by atoms with E-state index >= 15 is 0 Å². The summed E-state index contributed by atoms with van der Waals surface area (Å²) in [7, 11) is 2.98. The van der Waals surface area contributed by atoms with Crippen LogP contribution >= 0.6 is 0 Å². The quantitative estimate of drug-likeness (QED) is 0.768. The number of pyridine rings is 1. The first-order chi connectivity index (χ1) is 10.9. The molecule has 0 aromatic carbocycles. The number of fused-ring (bicyclic) bond motifs is 1. The first-order valence-electron chi connectivity index (χ1n) is 7.76. The maximum absolute atomic E-state index is 12.6. The van der Waals surface area contributed by atoms with Gasteiger partial charge in [0.15, 0.2) is 0 Å². The van der Waals surface area contributed by atoms with Gasteiger partial charge >= 0.3 is 5.69 Å². The molecule has 7 nitrogen and oxygen atoms in total. The molecule has 3 heterocycles. The molecule has 2 aromatic heterocycles. The monoisotopic (exact) mass is 316 g/mol. The maximum atomic E-state index is 12.6. The van der Waals surface area contributed by atoms with Crippen LogP contribution in [0.1, 0.15) is 30.3 Å². The minimum Gasteiger partial charge on any atom is -0.337 e. The average Bonchev–Trinajstić information content (AvgIpc) is 2.57. The molecule has 1 atom stereocenters. The largest absolute Gasteiger partial charge is 0.337 e. The smallest absolute Gasteiger partial charge is 0.332 e. The van der Waals surface area contributed by atoms with Crippen LogP contribution in [-0.2, 0) is 14.1 Å². The zero-order chi connectivity index (χ0) is 16.7. The summed E-state index contributed by atoms with van der Waals surface area (Å²) < 4.78 is 2.34. The van der Waals surface area contributed by atoms with E-state index in [0.29, 0.717) is 17.8 Å². The van der Waals surface area contributed by atoms with E-state index in [0.717, 1.165) is 24.0 Å². The second-order valence-electron chi connectivity index (χ2n) is 6.27. The predicted octanol–water partition coefficient (Wildman–Crippen LogP) is 0.504. The summed E-state index contributed by atoms with van der Waals surface area (Å²) in [6, 6.07) is 3.14. The lowest BCUT2D eigenvalue weighted by atomic mass is 10.00. The van der Waals surface area contributed by atoms with Gasteiger partial charge in [0.2, 0.25) is 0 Å². The standard InChI is InChI=1S/C16H20N4O3/c1-10-5-4-8-20(9-10)15(22)12-7-6-11-13(17-12)18(2)16(23)19(3)14(11)21/h6-7,10H,4-5,8-9H2,1-3H3/t10-/m0/s1. The van der Waals surface area contributed by atoms with Crippen molar-refractivity contribution in [2.24, 2.45) is 20.0 Å². The van der Waals surface area contributed by atoms with Crippen molar-refractivity contribution in [2.45, 2.75) is 19.8 Å². The number of amides is 1. The molecular formula is C16H20N4O3. The van der Waals surface area contributed by atoms with Gasteiger partial charge in [-0.3, -0.25) is 18.7 Å². The lowest BCUT2D eigenvalue weighted by Crippen LogP contribution is -2.40. The molecule has 0 unspecified atom stereocenters. The van der Waals surface area contributed by atoms with Crippen LogP contribution in [0.5, 0.6) is 0 Å². The van der Waals surface area contributed by atoms with Gasteiger partial charge in [0, 0.05) is 27.2 Å². The Labute approximate surface area is 133 Å². The number of carbonyl (C=O) groups is 1. The van der Waals surface area contributed by atoms with Crippen molar-refractivity contribution in [1.82, 2.24) is 19.0 Å². The van der Waals surface area contributed by atoms with Gasteiger partial charge in [-0.05, 0) is 30.9 Å². The molecule has 1 fully saturated rings. The van der Waals surface area contributed by atoms with Crippen molar-refractivity contribution in [3.05, 3.63) is 38.7 Å². The molecule has 2 aromatic rings. The molecule has 122 valence electrons. The highest BCUT2D eigenvalue weighted by atomic mass is 16.2. The number of carbonyl (C=O) groups excluding carboxylic acids is 1. The van der Waals surface area contributed by atoms with Crippen LogP contribution in [0.3, 0.4) is 0 Å². The van der Waals surface area contributed by atoms with E-state index in [9.17, 15) is 14.4 Å². The van der Waals surface area contributed by atoms with Gasteiger partial charge < -0.3 is 4.90 Å². The van der Waals surface area contributed by atoms with Crippen LogP contribution in [0, 0.1) is 5.92 Å². The fraction of sp³-hybridized carbons (Fsp3) is 0.500. The van der Waals surface area contributed by atoms with Gasteiger partial charge in [0.1, 0.15) is 11.3 Å². The highest BCUT2D eigenvalue weighted by molar-refractivity contribution is 5.94. The van der Waals surface area contributed by atoms with E-state index in [1.165, 1.54) is 11.6 Å². The van der Waals surface area contributed by atoms with Gasteiger partial charge in [0.25, 0.3) is 11.5 Å². The molecule has 1 aliphatic heterocycles. The topological polar surface area (TPSA) is 77.2 Å². The second-order valence-corrected chi connectivity index (χ2v) is 6.27. The molecule has 0 radical (unpaired) electrons. The number of nitrogens with zero attached hydrogens (tertiary/aromatic N) is 4. The molecule has 0 spiro atoms. The molecule has 23 heavy (non-hydrogen) atoms. The first-order valence-corrected chi connectivity index (χ1v) is 7.76. The van der Waals surface area contributed by atoms with E-state index < -0.39 is 11.2 Å². The molecule has 3 rings (SSSR count). The lowest BCUT2D eigenvalue weighted by Gasteiger charge is -2.30. The lowest BCUT2D eigenvalue weighted by molar-refractivity contribution is 0.0677. The zero-order valence-corrected chi connectivity index (χ0v) is 13.6. The maximum Gasteiger partial charge on any atom is 0.332 e. The minimum absolute atomic E-state index is 0.147. The Bertz CT molecular complexity index is 897. The van der Waals surface area contributed by atoms with Crippen LogP contribution in [-0.4, -0.2) is 38.0 Å². The number of likely N-dealkylation sites (tertiary alicyclic amines) is 1. The van der Waals surface area contributed by atoms with Crippen LogP contribution < -0.4 is 11.2 Å². The molecule has 1 saturated heterocycles. The number of hydrogen-bond donors (Lipinski definition) is 0. The molecule has 0 saturated carbocycles. The Morgan fingerprint density at radius 2 is 1.96 bits per heavy atom. The molecule has 1 amide bonds. The summed E-state index contributed by atoms with van der Waals surface area (Å²) >= 11 is 0. The fourth-order valence-corrected chi connectivity index (χ4v) is 3.11. The van der Waals surface area contributed by atoms with Gasteiger partial charge in [-0.15, -0.1) is 0 Å². The third-order valence-corrected chi connectivity index (χ3v) is 4.47. The van der Waals surface area contributed by atoms with E-state index in [1.54, 1.807) is 24.1 Å². The van der Waals surface area contributed by atoms with Crippen LogP contribution in [0.4, 0.5) is 0 Å². The second kappa shape index (κ2) is 5.64. The van der Waals surface area contributed by atoms with Crippen molar-refractivity contribution in [3.8, 4) is 0 Å². The Morgan fingerprint density at radius 1 is 1.22 bits per heavy atom. The predicted molar refractivity (Wildman–Crippen MR) is 86.5 cm³/mol. The summed E-state index contributed by atoms with van der Waals surface area (Å²) in [5.41, 5.74) is -0.337. The number of rotatable bonds is 1. The Balaban J connectivity index is 2.08. The number of aromatic nitrogens is 3. The van der Waals surface area contributed by atoms with Crippen molar-refractivity contribution in [2.75, 3.05) is 13.1 Å². The Kier molecular flexibility index (Phi) is 3.79. The molecular weight excluding hydrogens is 296 g/mol. The summed E-state index contributed by atoms with van der Waals surface area (Å²) in [5.74, 6) is 0.330. The van der Waals surface area contributed by atoms with Crippen molar-refractivity contribution in [3.63, 3.8) is 0 Å². The molecule has 0 aliphatic carbocycles. The molecule has 1 aliphatic rings.